The lowest BCUT2D eigenvalue weighted by atomic mass is 9.88. The molecule has 0 atom stereocenters. The summed E-state index contributed by atoms with van der Waals surface area (Å²) in [6.45, 7) is -0.622. The molecule has 188 valence electrons. The van der Waals surface area contributed by atoms with Crippen molar-refractivity contribution in [1.82, 2.24) is 10.2 Å². The maximum Gasteiger partial charge on any atom is 0.401 e. The van der Waals surface area contributed by atoms with Crippen LogP contribution in [0.25, 0.3) is 0 Å². The zero-order valence-electron chi connectivity index (χ0n) is 18.8. The first-order valence-corrected chi connectivity index (χ1v) is 11.2. The Kier molecular flexibility index (Phi) is 7.15. The molecule has 0 aliphatic carbocycles. The first kappa shape index (κ1) is 24.8. The number of halogens is 5. The van der Waals surface area contributed by atoms with Gasteiger partial charge in [0.15, 0.2) is 17.9 Å². The van der Waals surface area contributed by atoms with Crippen LogP contribution in [0.4, 0.5) is 33.3 Å². The second-order valence-electron chi connectivity index (χ2n) is 8.77. The Bertz CT molecular complexity index is 1090. The minimum Gasteiger partial charge on any atom is -0.401 e. The minimum atomic E-state index is -4.29. The second-order valence-corrected chi connectivity index (χ2v) is 8.77. The lowest BCUT2D eigenvalue weighted by molar-refractivity contribution is -0.148. The Morgan fingerprint density at radius 3 is 2.23 bits per heavy atom. The van der Waals surface area contributed by atoms with Gasteiger partial charge in [0.2, 0.25) is 0 Å². The van der Waals surface area contributed by atoms with Crippen molar-refractivity contribution < 1.29 is 26.7 Å². The number of carbonyl (C=O) groups excluding carboxylic acids is 1. The number of hydrogen-bond donors (Lipinski definition) is 4. The highest BCUT2D eigenvalue weighted by atomic mass is 19.4. The van der Waals surface area contributed by atoms with Crippen molar-refractivity contribution >= 4 is 17.3 Å². The number of nitrogens with two attached hydrogens (primary N) is 1. The SMILES string of the molecule is NC(=C(Cc1ccc(F)c(F)c1)C(=O)NC1Nc2ccccc2N1)C1CCN(CC(F)(F)F)CC1. The van der Waals surface area contributed by atoms with Crippen LogP contribution in [0, 0.1) is 17.6 Å². The zero-order valence-corrected chi connectivity index (χ0v) is 18.8. The van der Waals surface area contributed by atoms with E-state index in [1.807, 2.05) is 24.3 Å². The molecule has 2 heterocycles. The third-order valence-electron chi connectivity index (χ3n) is 6.22. The molecule has 0 spiro atoms. The number of amides is 1. The molecule has 2 aromatic rings. The van der Waals surface area contributed by atoms with Gasteiger partial charge in [-0.15, -0.1) is 0 Å². The number of likely N-dealkylation sites (tertiary alicyclic amines) is 1. The van der Waals surface area contributed by atoms with Gasteiger partial charge in [-0.25, -0.2) is 8.78 Å². The molecule has 0 radical (unpaired) electrons. The van der Waals surface area contributed by atoms with Crippen molar-refractivity contribution in [3.8, 4) is 0 Å². The summed E-state index contributed by atoms with van der Waals surface area (Å²) in [5, 5.41) is 9.04. The number of carbonyl (C=O) groups is 1. The molecule has 1 fully saturated rings. The highest BCUT2D eigenvalue weighted by molar-refractivity contribution is 5.95. The van der Waals surface area contributed by atoms with Gasteiger partial charge in [-0.1, -0.05) is 18.2 Å². The maximum absolute atomic E-state index is 13.8. The fourth-order valence-corrected chi connectivity index (χ4v) is 4.44. The second kappa shape index (κ2) is 10.1. The van der Waals surface area contributed by atoms with Gasteiger partial charge in [0.1, 0.15) is 0 Å². The number of alkyl halides is 3. The highest BCUT2D eigenvalue weighted by Gasteiger charge is 2.34. The van der Waals surface area contributed by atoms with E-state index < -0.39 is 36.6 Å². The monoisotopic (exact) mass is 495 g/mol. The van der Waals surface area contributed by atoms with Gasteiger partial charge in [0, 0.05) is 23.6 Å². The average Bonchev–Trinajstić information content (AvgIpc) is 3.21. The number of hydrogen-bond acceptors (Lipinski definition) is 5. The summed E-state index contributed by atoms with van der Waals surface area (Å²) >= 11 is 0. The molecule has 35 heavy (non-hydrogen) atoms. The molecular formula is C24H26F5N5O. The van der Waals surface area contributed by atoms with E-state index in [2.05, 4.69) is 16.0 Å². The first-order valence-electron chi connectivity index (χ1n) is 11.2. The van der Waals surface area contributed by atoms with Crippen molar-refractivity contribution in [2.75, 3.05) is 30.3 Å². The van der Waals surface area contributed by atoms with E-state index in [9.17, 15) is 26.7 Å². The summed E-state index contributed by atoms with van der Waals surface area (Å²) in [5.41, 5.74) is 8.77. The van der Waals surface area contributed by atoms with Crippen molar-refractivity contribution in [3.05, 3.63) is 70.9 Å². The van der Waals surface area contributed by atoms with Crippen LogP contribution in [0.2, 0.25) is 0 Å². The molecule has 2 aromatic carbocycles. The number of fused-ring (bicyclic) bond motifs is 1. The van der Waals surface area contributed by atoms with E-state index in [4.69, 9.17) is 5.73 Å². The summed E-state index contributed by atoms with van der Waals surface area (Å²) in [6.07, 6.45) is -4.27. The molecule has 0 saturated carbocycles. The van der Waals surface area contributed by atoms with E-state index in [-0.39, 0.29) is 36.7 Å². The Morgan fingerprint density at radius 1 is 1.03 bits per heavy atom. The lowest BCUT2D eigenvalue weighted by Crippen LogP contribution is -2.45. The van der Waals surface area contributed by atoms with Gasteiger partial charge in [-0.05, 0) is 55.8 Å². The van der Waals surface area contributed by atoms with Gasteiger partial charge in [0.05, 0.1) is 17.9 Å². The summed E-state index contributed by atoms with van der Waals surface area (Å²) in [6, 6.07) is 10.7. The van der Waals surface area contributed by atoms with E-state index in [0.29, 0.717) is 18.4 Å². The predicted molar refractivity (Wildman–Crippen MR) is 122 cm³/mol. The summed E-state index contributed by atoms with van der Waals surface area (Å²) in [7, 11) is 0. The molecule has 0 aromatic heterocycles. The van der Waals surface area contributed by atoms with Gasteiger partial charge in [-0.3, -0.25) is 9.69 Å². The molecule has 4 rings (SSSR count). The van der Waals surface area contributed by atoms with E-state index >= 15 is 0 Å². The number of rotatable bonds is 6. The summed E-state index contributed by atoms with van der Waals surface area (Å²) < 4.78 is 65.4. The number of nitrogens with one attached hydrogen (secondary N) is 3. The van der Waals surface area contributed by atoms with E-state index in [1.54, 1.807) is 0 Å². The van der Waals surface area contributed by atoms with Crippen molar-refractivity contribution in [3.63, 3.8) is 0 Å². The van der Waals surface area contributed by atoms with Crippen LogP contribution < -0.4 is 21.7 Å². The quantitative estimate of drug-likeness (QED) is 0.361. The van der Waals surface area contributed by atoms with Crippen LogP contribution in [0.1, 0.15) is 18.4 Å². The molecule has 1 saturated heterocycles. The van der Waals surface area contributed by atoms with Gasteiger partial charge < -0.3 is 21.7 Å². The van der Waals surface area contributed by atoms with E-state index in [1.165, 1.54) is 11.0 Å². The standard InChI is InChI=1S/C24H26F5N5O/c25-17-6-5-14(12-18(17)26)11-16(21(30)15-7-9-34(10-8-15)13-24(27,28)29)22(35)33-23-31-19-3-1-2-4-20(19)32-23/h1-6,12,15,23,31-32H,7-11,13,30H2,(H,33,35). The molecule has 11 heteroatoms. The van der Waals surface area contributed by atoms with Gasteiger partial charge in [-0.2, -0.15) is 13.2 Å². The molecule has 0 unspecified atom stereocenters. The summed E-state index contributed by atoms with van der Waals surface area (Å²) in [4.78, 5) is 14.6. The Morgan fingerprint density at radius 2 is 1.66 bits per heavy atom. The Labute approximate surface area is 199 Å². The third-order valence-corrected chi connectivity index (χ3v) is 6.22. The van der Waals surface area contributed by atoms with Crippen LogP contribution in [-0.4, -0.2) is 42.9 Å². The predicted octanol–water partition coefficient (Wildman–Crippen LogP) is 3.93. The first-order chi connectivity index (χ1) is 16.6. The normalized spacial score (nSPS) is 17.9. The number of allylic oxidation sites excluding steroid dienone is 1. The maximum atomic E-state index is 13.8. The van der Waals surface area contributed by atoms with E-state index in [0.717, 1.165) is 23.5 Å². The summed E-state index contributed by atoms with van der Waals surface area (Å²) in [5.74, 6) is -2.88. The number of nitrogens with zero attached hydrogens (tertiary/aromatic N) is 1. The smallest absolute Gasteiger partial charge is 0.401 e. The average molecular weight is 495 g/mol. The lowest BCUT2D eigenvalue weighted by Gasteiger charge is -2.33. The van der Waals surface area contributed by atoms with Gasteiger partial charge in [0.25, 0.3) is 5.91 Å². The minimum absolute atomic E-state index is 0.0582. The largest absolute Gasteiger partial charge is 0.401 e. The molecule has 6 nitrogen and oxygen atoms in total. The highest BCUT2D eigenvalue weighted by Crippen LogP contribution is 2.29. The molecule has 2 aliphatic rings. The van der Waals surface area contributed by atoms with Crippen LogP contribution in [-0.2, 0) is 11.2 Å². The number of anilines is 2. The van der Waals surface area contributed by atoms with Crippen LogP contribution in [0.5, 0.6) is 0 Å². The molecule has 5 N–H and O–H groups in total. The van der Waals surface area contributed by atoms with Gasteiger partial charge >= 0.3 is 6.18 Å². The fourth-order valence-electron chi connectivity index (χ4n) is 4.44. The Balaban J connectivity index is 1.52. The molecule has 1 amide bonds. The number of benzene rings is 2. The number of piperidine rings is 1. The van der Waals surface area contributed by atoms with Crippen molar-refractivity contribution in [2.24, 2.45) is 11.7 Å². The molecule has 0 bridgehead atoms. The molecular weight excluding hydrogens is 469 g/mol. The van der Waals surface area contributed by atoms with Crippen LogP contribution >= 0.6 is 0 Å². The van der Waals surface area contributed by atoms with Crippen molar-refractivity contribution in [2.45, 2.75) is 31.7 Å². The Hall–Kier alpha value is -3.34. The fraction of sp³-hybridized carbons (Fsp3) is 0.375. The number of para-hydroxylation sites is 2. The third kappa shape index (κ3) is 6.21. The topological polar surface area (TPSA) is 82.4 Å². The molecule has 2 aliphatic heterocycles. The van der Waals surface area contributed by atoms with Crippen LogP contribution in [0.15, 0.2) is 53.7 Å². The van der Waals surface area contributed by atoms with Crippen molar-refractivity contribution in [1.29, 1.82) is 0 Å². The zero-order chi connectivity index (χ0) is 25.2. The van der Waals surface area contributed by atoms with Crippen LogP contribution in [0.3, 0.4) is 0 Å².